The highest BCUT2D eigenvalue weighted by Gasteiger charge is 2.47. The SMILES string of the molecule is C[NH+]1CCN(C2=C(Cl)C(=O)N(c3ccccc3N3C(=O)C(Cl)=C(N4CC[NH+](C)CC4)C3=O)C2=O)CC1. The summed E-state index contributed by atoms with van der Waals surface area (Å²) in [6.45, 7) is 5.59. The standard InChI is InChI=1S/C24H26Cl2N6O4/c1-27-7-11-29(12-8-27)19-17(25)21(33)31(23(19)35)15-5-3-4-6-16(15)32-22(34)18(26)20(24(32)36)30-13-9-28(2)10-14-30/h3-6H,7-14H2,1-2H3/p+2. The third kappa shape index (κ3) is 3.98. The van der Waals surface area contributed by atoms with Gasteiger partial charge in [0.2, 0.25) is 0 Å². The van der Waals surface area contributed by atoms with Crippen molar-refractivity contribution in [2.24, 2.45) is 0 Å². The van der Waals surface area contributed by atoms with Crippen LogP contribution < -0.4 is 19.6 Å². The summed E-state index contributed by atoms with van der Waals surface area (Å²) in [5.41, 5.74) is 0.519. The molecule has 0 unspecified atom stereocenters. The molecule has 4 aliphatic heterocycles. The Morgan fingerprint density at radius 1 is 0.611 bits per heavy atom. The number of piperazine rings is 2. The van der Waals surface area contributed by atoms with Gasteiger partial charge < -0.3 is 19.6 Å². The van der Waals surface area contributed by atoms with Crippen molar-refractivity contribution < 1.29 is 29.0 Å². The number of para-hydroxylation sites is 2. The van der Waals surface area contributed by atoms with Crippen LogP contribution in [0.1, 0.15) is 0 Å². The van der Waals surface area contributed by atoms with Crippen molar-refractivity contribution in [3.05, 3.63) is 45.7 Å². The third-order valence-electron chi connectivity index (χ3n) is 7.24. The maximum atomic E-state index is 13.5. The lowest BCUT2D eigenvalue weighted by atomic mass is 10.2. The maximum absolute atomic E-state index is 13.5. The molecule has 4 amide bonds. The zero-order chi connectivity index (χ0) is 25.7. The molecular weight excluding hydrogens is 507 g/mol. The normalized spacial score (nSPS) is 22.8. The summed E-state index contributed by atoms with van der Waals surface area (Å²) in [5.74, 6) is -2.51. The van der Waals surface area contributed by atoms with Crippen molar-refractivity contribution in [2.75, 3.05) is 76.3 Å². The van der Waals surface area contributed by atoms with Gasteiger partial charge in [-0.25, -0.2) is 9.80 Å². The van der Waals surface area contributed by atoms with Gasteiger partial charge in [-0.05, 0) is 12.1 Å². The number of rotatable bonds is 4. The number of hydrogen-bond donors (Lipinski definition) is 2. The van der Waals surface area contributed by atoms with Crippen molar-refractivity contribution in [1.82, 2.24) is 9.80 Å². The van der Waals surface area contributed by atoms with E-state index in [9.17, 15) is 19.2 Å². The Labute approximate surface area is 218 Å². The fourth-order valence-electron chi connectivity index (χ4n) is 5.04. The van der Waals surface area contributed by atoms with E-state index < -0.39 is 23.6 Å². The summed E-state index contributed by atoms with van der Waals surface area (Å²) in [5, 5.41) is -0.324. The number of hydrogen-bond acceptors (Lipinski definition) is 6. The Balaban J connectivity index is 1.46. The van der Waals surface area contributed by atoms with Gasteiger partial charge in [0.05, 0.1) is 77.8 Å². The van der Waals surface area contributed by atoms with Gasteiger partial charge in [-0.2, -0.15) is 0 Å². The topological polar surface area (TPSA) is 90.1 Å². The highest BCUT2D eigenvalue weighted by molar-refractivity contribution is 6.54. The second-order valence-electron chi connectivity index (χ2n) is 9.59. The third-order valence-corrected chi connectivity index (χ3v) is 7.92. The number of nitrogens with one attached hydrogen (secondary N) is 2. The lowest BCUT2D eigenvalue weighted by Gasteiger charge is -2.32. The molecule has 0 aliphatic carbocycles. The number of amides is 4. The smallest absolute Gasteiger partial charge is 0.283 e. The number of halogens is 2. The molecule has 2 fully saturated rings. The van der Waals surface area contributed by atoms with Crippen LogP contribution in [0.25, 0.3) is 0 Å². The fourth-order valence-corrected chi connectivity index (χ4v) is 5.60. The van der Waals surface area contributed by atoms with Gasteiger partial charge in [-0.3, -0.25) is 19.2 Å². The van der Waals surface area contributed by atoms with Crippen LogP contribution >= 0.6 is 23.2 Å². The van der Waals surface area contributed by atoms with E-state index in [2.05, 4.69) is 14.1 Å². The minimum Gasteiger partial charge on any atom is -0.354 e. The summed E-state index contributed by atoms with van der Waals surface area (Å²) >= 11 is 12.8. The molecule has 0 aromatic heterocycles. The lowest BCUT2D eigenvalue weighted by Crippen LogP contribution is -3.11. The van der Waals surface area contributed by atoms with Crippen molar-refractivity contribution in [2.45, 2.75) is 0 Å². The number of quaternary nitrogens is 2. The number of imide groups is 2. The summed E-state index contributed by atoms with van der Waals surface area (Å²) in [4.78, 5) is 61.7. The predicted octanol–water partition coefficient (Wildman–Crippen LogP) is -2.01. The molecule has 0 radical (unpaired) electrons. The first-order valence-electron chi connectivity index (χ1n) is 12.0. The van der Waals surface area contributed by atoms with Crippen LogP contribution in [-0.4, -0.2) is 99.9 Å². The Morgan fingerprint density at radius 2 is 0.944 bits per heavy atom. The highest BCUT2D eigenvalue weighted by Crippen LogP contribution is 2.40. The first-order valence-corrected chi connectivity index (χ1v) is 12.7. The minimum absolute atomic E-state index is 0.107. The van der Waals surface area contributed by atoms with Gasteiger partial charge in [0.15, 0.2) is 0 Å². The number of carbonyl (C=O) groups is 4. The molecule has 0 bridgehead atoms. The van der Waals surface area contributed by atoms with Crippen LogP contribution in [0, 0.1) is 0 Å². The zero-order valence-corrected chi connectivity index (χ0v) is 21.7. The van der Waals surface area contributed by atoms with Gasteiger partial charge in [0.1, 0.15) is 21.5 Å². The van der Waals surface area contributed by atoms with E-state index in [1.165, 1.54) is 21.9 Å². The van der Waals surface area contributed by atoms with E-state index in [0.29, 0.717) is 26.2 Å². The number of carbonyl (C=O) groups excluding carboxylic acids is 4. The molecule has 0 saturated carbocycles. The average molecular weight is 535 g/mol. The van der Waals surface area contributed by atoms with Crippen LogP contribution in [0.2, 0.25) is 0 Å². The second kappa shape index (κ2) is 9.51. The molecular formula is C24H28Cl2N6O4+2. The maximum Gasteiger partial charge on any atom is 0.283 e. The Hall–Kier alpha value is -2.92. The van der Waals surface area contributed by atoms with E-state index in [0.717, 1.165) is 36.0 Å². The van der Waals surface area contributed by atoms with Crippen LogP contribution in [0.5, 0.6) is 0 Å². The number of anilines is 2. The van der Waals surface area contributed by atoms with Crippen LogP contribution in [0.15, 0.2) is 45.7 Å². The molecule has 5 rings (SSSR count). The molecule has 4 aliphatic rings. The van der Waals surface area contributed by atoms with Gasteiger partial charge >= 0.3 is 0 Å². The van der Waals surface area contributed by atoms with Gasteiger partial charge in [-0.1, -0.05) is 35.3 Å². The second-order valence-corrected chi connectivity index (χ2v) is 10.3. The molecule has 190 valence electrons. The van der Waals surface area contributed by atoms with E-state index in [1.807, 2.05) is 9.80 Å². The monoisotopic (exact) mass is 534 g/mol. The molecule has 0 spiro atoms. The molecule has 10 nitrogen and oxygen atoms in total. The first kappa shape index (κ1) is 24.8. The molecule has 2 saturated heterocycles. The van der Waals surface area contributed by atoms with Gasteiger partial charge in [0.25, 0.3) is 23.6 Å². The molecule has 4 heterocycles. The van der Waals surface area contributed by atoms with E-state index >= 15 is 0 Å². The molecule has 12 heteroatoms. The quantitative estimate of drug-likeness (QED) is 0.434. The highest BCUT2D eigenvalue weighted by atomic mass is 35.5. The fraction of sp³-hybridized carbons (Fsp3) is 0.417. The summed E-state index contributed by atoms with van der Waals surface area (Å²) < 4.78 is 0. The first-order chi connectivity index (χ1) is 17.2. The Bertz CT molecular complexity index is 1120. The lowest BCUT2D eigenvalue weighted by molar-refractivity contribution is -0.884. The van der Waals surface area contributed by atoms with Crippen LogP contribution in [-0.2, 0) is 19.2 Å². The Kier molecular flexibility index (Phi) is 6.54. The molecule has 1 aromatic carbocycles. The Morgan fingerprint density at radius 3 is 1.28 bits per heavy atom. The number of nitrogens with zero attached hydrogens (tertiary/aromatic N) is 4. The van der Waals surface area contributed by atoms with E-state index in [-0.39, 0.29) is 32.8 Å². The predicted molar refractivity (Wildman–Crippen MR) is 134 cm³/mol. The number of likely N-dealkylation sites (N-methyl/N-ethyl adjacent to an activating group) is 2. The van der Waals surface area contributed by atoms with Crippen molar-refractivity contribution in [1.29, 1.82) is 0 Å². The van der Waals surface area contributed by atoms with Gasteiger partial charge in [0, 0.05) is 0 Å². The minimum atomic E-state index is -0.684. The number of benzene rings is 1. The van der Waals surface area contributed by atoms with Crippen LogP contribution in [0.4, 0.5) is 11.4 Å². The largest absolute Gasteiger partial charge is 0.354 e. The van der Waals surface area contributed by atoms with Crippen LogP contribution in [0.3, 0.4) is 0 Å². The molecule has 36 heavy (non-hydrogen) atoms. The van der Waals surface area contributed by atoms with E-state index in [1.54, 1.807) is 12.1 Å². The van der Waals surface area contributed by atoms with Crippen molar-refractivity contribution in [3.63, 3.8) is 0 Å². The summed E-state index contributed by atoms with van der Waals surface area (Å²) in [7, 11) is 4.14. The van der Waals surface area contributed by atoms with Gasteiger partial charge in [-0.15, -0.1) is 0 Å². The summed E-state index contributed by atoms with van der Waals surface area (Å²) in [6.07, 6.45) is 0. The van der Waals surface area contributed by atoms with E-state index in [4.69, 9.17) is 23.2 Å². The van der Waals surface area contributed by atoms with Crippen molar-refractivity contribution in [3.8, 4) is 0 Å². The molecule has 2 N–H and O–H groups in total. The summed E-state index contributed by atoms with van der Waals surface area (Å²) in [6, 6.07) is 6.32. The zero-order valence-electron chi connectivity index (χ0n) is 20.1. The van der Waals surface area contributed by atoms with Crippen molar-refractivity contribution >= 4 is 58.2 Å². The molecule has 1 aromatic rings. The average Bonchev–Trinajstić information content (AvgIpc) is 3.22. The molecule has 0 atom stereocenters.